The highest BCUT2D eigenvalue weighted by Gasteiger charge is 2.50. The molecule has 0 bridgehead atoms. The first-order chi connectivity index (χ1) is 16.4. The van der Waals surface area contributed by atoms with Gasteiger partial charge in [-0.15, -0.1) is 0 Å². The molecule has 0 aromatic heterocycles. The second kappa shape index (κ2) is 10.8. The minimum atomic E-state index is -2.84. The number of hydrogen-bond acceptors (Lipinski definition) is 5. The van der Waals surface area contributed by atoms with Crippen LogP contribution >= 0.6 is 0 Å². The summed E-state index contributed by atoms with van der Waals surface area (Å²) < 4.78 is 18.3. The average Bonchev–Trinajstić information content (AvgIpc) is 2.78. The molecule has 35 heavy (non-hydrogen) atoms. The second-order valence-corrected chi connectivity index (χ2v) is 15.2. The molecule has 2 aromatic rings. The fourth-order valence-electron chi connectivity index (χ4n) is 4.44. The van der Waals surface area contributed by atoms with Crippen LogP contribution in [0.1, 0.15) is 48.0 Å². The predicted molar refractivity (Wildman–Crippen MR) is 140 cm³/mol. The Balaban J connectivity index is 2.00. The van der Waals surface area contributed by atoms with Crippen molar-refractivity contribution in [2.24, 2.45) is 0 Å². The zero-order valence-corrected chi connectivity index (χ0v) is 22.5. The van der Waals surface area contributed by atoms with Crippen LogP contribution in [0.3, 0.4) is 0 Å². The van der Waals surface area contributed by atoms with Gasteiger partial charge in [0.2, 0.25) is 0 Å². The Morgan fingerprint density at radius 1 is 1.00 bits per heavy atom. The van der Waals surface area contributed by atoms with Crippen LogP contribution in [-0.2, 0) is 18.7 Å². The summed E-state index contributed by atoms with van der Waals surface area (Å²) in [6.07, 6.45) is 1.83. The van der Waals surface area contributed by atoms with Gasteiger partial charge in [0.25, 0.3) is 8.32 Å². The van der Waals surface area contributed by atoms with Gasteiger partial charge in [0.1, 0.15) is 11.7 Å². The maximum absolute atomic E-state index is 12.7. The molecule has 7 heteroatoms. The zero-order chi connectivity index (χ0) is 25.7. The van der Waals surface area contributed by atoms with Gasteiger partial charge in [-0.1, -0.05) is 81.4 Å². The summed E-state index contributed by atoms with van der Waals surface area (Å²) in [5, 5.41) is 4.96. The summed E-state index contributed by atoms with van der Waals surface area (Å²) in [5.41, 5.74) is -0.656. The molecule has 0 aliphatic carbocycles. The molecule has 2 aromatic carbocycles. The number of alkyl carbamates (subject to hydrolysis) is 1. The van der Waals surface area contributed by atoms with Crippen molar-refractivity contribution >= 4 is 30.6 Å². The lowest BCUT2D eigenvalue weighted by atomic mass is 10.0. The third-order valence-corrected chi connectivity index (χ3v) is 11.0. The van der Waals surface area contributed by atoms with Crippen molar-refractivity contribution in [1.82, 2.24) is 5.32 Å². The first-order valence-electron chi connectivity index (χ1n) is 12.0. The topological polar surface area (TPSA) is 73.9 Å². The number of amides is 1. The third kappa shape index (κ3) is 6.61. The number of benzene rings is 2. The van der Waals surface area contributed by atoms with Gasteiger partial charge in [0.05, 0.1) is 18.9 Å². The van der Waals surface area contributed by atoms with Gasteiger partial charge in [0, 0.05) is 12.5 Å². The number of ether oxygens (including phenoxy) is 2. The number of rotatable bonds is 7. The summed E-state index contributed by atoms with van der Waals surface area (Å²) in [6, 6.07) is 20.0. The van der Waals surface area contributed by atoms with E-state index in [0.29, 0.717) is 0 Å². The molecular formula is C28H37NO5Si. The summed E-state index contributed by atoms with van der Waals surface area (Å²) >= 11 is 0. The number of carbonyl (C=O) groups excluding carboxylic acids is 2. The molecule has 1 heterocycles. The maximum Gasteiger partial charge on any atom is 0.408 e. The minimum Gasteiger partial charge on any atom is -0.495 e. The van der Waals surface area contributed by atoms with Crippen molar-refractivity contribution in [3.05, 3.63) is 73.0 Å². The number of allylic oxidation sites excluding steroid dienone is 1. The summed E-state index contributed by atoms with van der Waals surface area (Å²) in [6.45, 7) is 12.2. The lowest BCUT2D eigenvalue weighted by molar-refractivity contribution is -0.118. The van der Waals surface area contributed by atoms with Crippen molar-refractivity contribution < 1.29 is 23.5 Å². The number of nitrogens with one attached hydrogen (secondary N) is 1. The molecule has 0 saturated heterocycles. The van der Waals surface area contributed by atoms with Crippen LogP contribution in [0.5, 0.6) is 0 Å². The first kappa shape index (κ1) is 26.7. The molecule has 188 valence electrons. The molecule has 3 rings (SSSR count). The van der Waals surface area contributed by atoms with E-state index in [1.807, 2.05) is 57.2 Å². The summed E-state index contributed by atoms with van der Waals surface area (Å²) in [5.74, 6) is -0.0531. The number of carbonyl (C=O) groups is 2. The molecule has 0 spiro atoms. The van der Waals surface area contributed by atoms with Crippen LogP contribution in [0.25, 0.3) is 0 Å². The highest BCUT2D eigenvalue weighted by molar-refractivity contribution is 6.99. The molecule has 1 N–H and O–H groups in total. The van der Waals surface area contributed by atoms with E-state index in [0.717, 1.165) is 10.4 Å². The van der Waals surface area contributed by atoms with Gasteiger partial charge >= 0.3 is 6.09 Å². The Hall–Kier alpha value is -2.90. The van der Waals surface area contributed by atoms with E-state index in [-0.39, 0.29) is 23.8 Å². The lowest BCUT2D eigenvalue weighted by Gasteiger charge is -2.44. The summed E-state index contributed by atoms with van der Waals surface area (Å²) in [7, 11) is -2.84. The van der Waals surface area contributed by atoms with Crippen molar-refractivity contribution in [1.29, 1.82) is 0 Å². The Labute approximate surface area is 209 Å². The molecule has 2 atom stereocenters. The van der Waals surface area contributed by atoms with Gasteiger partial charge in [-0.2, -0.15) is 0 Å². The van der Waals surface area contributed by atoms with Crippen LogP contribution in [0.2, 0.25) is 5.04 Å². The van der Waals surface area contributed by atoms with Crippen LogP contribution in [0.4, 0.5) is 4.79 Å². The van der Waals surface area contributed by atoms with Gasteiger partial charge in [-0.25, -0.2) is 4.79 Å². The number of ketones is 1. The molecule has 1 amide bonds. The fourth-order valence-corrected chi connectivity index (χ4v) is 9.03. The predicted octanol–water partition coefficient (Wildman–Crippen LogP) is 4.33. The summed E-state index contributed by atoms with van der Waals surface area (Å²) in [4.78, 5) is 24.9. The standard InChI is InChI=1S/C28H37NO5Si/c1-27(2,3)34-26(31)29-24(25-19-21(30)17-18-32-25)20-33-35(28(4,5)6,22-13-9-7-10-14-22)23-15-11-8-12-16-23/h7-18,24-25H,19-20H2,1-6H3,(H,29,31)/t24-,25-/m0/s1. The molecule has 0 unspecified atom stereocenters. The Kier molecular flexibility index (Phi) is 8.23. The highest BCUT2D eigenvalue weighted by Crippen LogP contribution is 2.37. The average molecular weight is 496 g/mol. The zero-order valence-electron chi connectivity index (χ0n) is 21.5. The first-order valence-corrected chi connectivity index (χ1v) is 13.9. The molecule has 0 saturated carbocycles. The largest absolute Gasteiger partial charge is 0.495 e. The minimum absolute atomic E-state index is 0.0531. The van der Waals surface area contributed by atoms with Crippen LogP contribution in [-0.4, -0.2) is 44.5 Å². The van der Waals surface area contributed by atoms with Crippen molar-refractivity contribution in [3.8, 4) is 0 Å². The quantitative estimate of drug-likeness (QED) is 0.579. The van der Waals surface area contributed by atoms with E-state index in [1.54, 1.807) is 0 Å². The highest BCUT2D eigenvalue weighted by atomic mass is 28.4. The molecule has 0 fully saturated rings. The van der Waals surface area contributed by atoms with Gasteiger partial charge in [-0.3, -0.25) is 4.79 Å². The molecule has 1 aliphatic heterocycles. The van der Waals surface area contributed by atoms with E-state index < -0.39 is 32.2 Å². The van der Waals surface area contributed by atoms with E-state index in [9.17, 15) is 9.59 Å². The maximum atomic E-state index is 12.7. The number of hydrogen-bond donors (Lipinski definition) is 1. The van der Waals surface area contributed by atoms with Gasteiger partial charge < -0.3 is 19.2 Å². The Morgan fingerprint density at radius 3 is 2.00 bits per heavy atom. The van der Waals surface area contributed by atoms with Gasteiger partial charge in [-0.05, 0) is 36.2 Å². The smallest absolute Gasteiger partial charge is 0.408 e. The Bertz CT molecular complexity index is 985. The second-order valence-electron chi connectivity index (χ2n) is 10.9. The van der Waals surface area contributed by atoms with Crippen LogP contribution in [0, 0.1) is 0 Å². The molecular weight excluding hydrogens is 458 g/mol. The lowest BCUT2D eigenvalue weighted by Crippen LogP contribution is -2.68. The third-order valence-electron chi connectivity index (χ3n) is 5.96. The monoisotopic (exact) mass is 495 g/mol. The van der Waals surface area contributed by atoms with Crippen molar-refractivity contribution in [3.63, 3.8) is 0 Å². The van der Waals surface area contributed by atoms with Crippen molar-refractivity contribution in [2.75, 3.05) is 6.61 Å². The van der Waals surface area contributed by atoms with E-state index >= 15 is 0 Å². The molecule has 6 nitrogen and oxygen atoms in total. The Morgan fingerprint density at radius 2 is 1.54 bits per heavy atom. The van der Waals surface area contributed by atoms with Crippen LogP contribution < -0.4 is 15.7 Å². The fraction of sp³-hybridized carbons (Fsp3) is 0.429. The van der Waals surface area contributed by atoms with Gasteiger partial charge in [0.15, 0.2) is 5.78 Å². The van der Waals surface area contributed by atoms with E-state index in [1.165, 1.54) is 12.3 Å². The van der Waals surface area contributed by atoms with Crippen molar-refractivity contribution in [2.45, 2.75) is 70.7 Å². The van der Waals surface area contributed by atoms with Crippen LogP contribution in [0.15, 0.2) is 73.0 Å². The van der Waals surface area contributed by atoms with E-state index in [2.05, 4.69) is 50.4 Å². The SMILES string of the molecule is CC(C)(C)OC(=O)N[C@@H](CO[Si](c1ccccc1)(c1ccccc1)C(C)(C)C)[C@@H]1CC(=O)C=CO1. The molecule has 0 radical (unpaired) electrons. The molecule has 1 aliphatic rings. The van der Waals surface area contributed by atoms with E-state index in [4.69, 9.17) is 13.9 Å². The normalized spacial score (nSPS) is 17.4.